The van der Waals surface area contributed by atoms with Crippen LogP contribution in [0, 0.1) is 24.7 Å². The lowest BCUT2D eigenvalue weighted by molar-refractivity contribution is -0.129. The molecule has 10 nitrogen and oxygen atoms in total. The van der Waals surface area contributed by atoms with Crippen molar-refractivity contribution >= 4 is 34.3 Å². The Morgan fingerprint density at radius 3 is 2.43 bits per heavy atom. The van der Waals surface area contributed by atoms with Gasteiger partial charge in [-0.05, 0) is 43.7 Å². The minimum Gasteiger partial charge on any atom is -0.497 e. The molecule has 0 fully saturated rings. The fourth-order valence-corrected chi connectivity index (χ4v) is 4.04. The van der Waals surface area contributed by atoms with E-state index in [1.165, 1.54) is 0 Å². The van der Waals surface area contributed by atoms with E-state index in [1.807, 2.05) is 43.4 Å². The molecule has 1 unspecified atom stereocenters. The van der Waals surface area contributed by atoms with Crippen LogP contribution in [0.4, 0.5) is 10.2 Å². The molecule has 2 atom stereocenters. The number of benzene rings is 1. The molecule has 0 spiro atoms. The first-order chi connectivity index (χ1) is 17.6. The minimum absolute atomic E-state index is 0.00528. The average Bonchev–Trinajstić information content (AvgIpc) is 3.26. The second-order valence-electron chi connectivity index (χ2n) is 9.89. The molecule has 0 aliphatic rings. The van der Waals surface area contributed by atoms with Crippen molar-refractivity contribution < 1.29 is 18.7 Å². The number of alkyl halides is 1. The summed E-state index contributed by atoms with van der Waals surface area (Å²) in [4.78, 5) is 29.3. The van der Waals surface area contributed by atoms with Crippen molar-refractivity contribution in [3.63, 3.8) is 0 Å². The van der Waals surface area contributed by atoms with Gasteiger partial charge in [0.2, 0.25) is 11.6 Å². The first-order valence-electron chi connectivity index (χ1n) is 12.8. The Bertz CT molecular complexity index is 1230. The van der Waals surface area contributed by atoms with Gasteiger partial charge in [0, 0.05) is 25.7 Å². The number of ether oxygens (including phenoxy) is 1. The number of hydrogen-bond donors (Lipinski definition) is 3. The molecule has 1 aromatic carbocycles. The van der Waals surface area contributed by atoms with E-state index >= 15 is 0 Å². The summed E-state index contributed by atoms with van der Waals surface area (Å²) in [6.07, 6.45) is -0.0390. The topological polar surface area (TPSA) is 123 Å². The van der Waals surface area contributed by atoms with Crippen molar-refractivity contribution in [3.05, 3.63) is 24.0 Å². The molecular formula is C26H38FN7O3. The number of nitrogens with zero attached hydrogens (tertiary/aromatic N) is 4. The van der Waals surface area contributed by atoms with Crippen molar-refractivity contribution in [2.24, 2.45) is 17.8 Å². The number of amides is 2. The highest BCUT2D eigenvalue weighted by atomic mass is 19.1. The predicted molar refractivity (Wildman–Crippen MR) is 141 cm³/mol. The zero-order valence-electron chi connectivity index (χ0n) is 22.5. The third kappa shape index (κ3) is 6.84. The lowest BCUT2D eigenvalue weighted by Crippen LogP contribution is -2.44. The molecule has 0 bridgehead atoms. The fraction of sp³-hybridized carbons (Fsp3) is 0.577. The summed E-state index contributed by atoms with van der Waals surface area (Å²) < 4.78 is 21.2. The lowest BCUT2D eigenvalue weighted by Gasteiger charge is -2.22. The quantitative estimate of drug-likeness (QED) is 0.299. The van der Waals surface area contributed by atoms with Crippen molar-refractivity contribution in [3.8, 4) is 5.75 Å². The van der Waals surface area contributed by atoms with Crippen molar-refractivity contribution in [2.75, 3.05) is 32.1 Å². The third-order valence-corrected chi connectivity index (χ3v) is 6.36. The van der Waals surface area contributed by atoms with Crippen LogP contribution in [0.15, 0.2) is 18.2 Å². The molecule has 2 amide bonds. The van der Waals surface area contributed by atoms with Crippen LogP contribution in [-0.4, -0.2) is 64.3 Å². The fourth-order valence-electron chi connectivity index (χ4n) is 4.04. The summed E-state index contributed by atoms with van der Waals surface area (Å²) in [7, 11) is 1.62. The molecule has 3 aromatic rings. The Kier molecular flexibility index (Phi) is 9.60. The van der Waals surface area contributed by atoms with Crippen molar-refractivity contribution in [1.82, 2.24) is 30.2 Å². The van der Waals surface area contributed by atoms with Gasteiger partial charge in [0.25, 0.3) is 5.91 Å². The maximum absolute atomic E-state index is 13.9. The number of hydrogen-bond acceptors (Lipinski definition) is 7. The maximum Gasteiger partial charge on any atom is 0.254 e. The summed E-state index contributed by atoms with van der Waals surface area (Å²) in [5.41, 5.74) is 2.32. The smallest absolute Gasteiger partial charge is 0.254 e. The number of anilines is 1. The van der Waals surface area contributed by atoms with Crippen LogP contribution in [0.2, 0.25) is 0 Å². The second kappa shape index (κ2) is 12.6. The average molecular weight is 516 g/mol. The van der Waals surface area contributed by atoms with Crippen molar-refractivity contribution in [1.29, 1.82) is 0 Å². The Labute approximate surface area is 216 Å². The standard InChI is InChI=1S/C26H38FN7O3/c1-15(2)19(14-30-26(36)22(27)16(3)4)25(35)29-12-8-7-11-28-23-24-33-32-17(5)34(24)21-10-9-18(37-6)13-20(21)31-23/h9-10,13,15-16,19,22H,7-8,11-12,14H2,1-6H3,(H,28,31)(H,29,35)(H,30,36)/t19?,22-/m0/s1. The van der Waals surface area contributed by atoms with Gasteiger partial charge in [-0.15, -0.1) is 10.2 Å². The van der Waals surface area contributed by atoms with Gasteiger partial charge in [-0.25, -0.2) is 9.37 Å². The van der Waals surface area contributed by atoms with Gasteiger partial charge in [-0.2, -0.15) is 0 Å². The summed E-state index contributed by atoms with van der Waals surface area (Å²) >= 11 is 0. The first-order valence-corrected chi connectivity index (χ1v) is 12.8. The highest BCUT2D eigenvalue weighted by Crippen LogP contribution is 2.25. The van der Waals surface area contributed by atoms with E-state index in [4.69, 9.17) is 9.72 Å². The first kappa shape index (κ1) is 28.1. The zero-order valence-corrected chi connectivity index (χ0v) is 22.5. The monoisotopic (exact) mass is 515 g/mol. The van der Waals surface area contributed by atoms with Gasteiger partial charge in [0.05, 0.1) is 24.1 Å². The van der Waals surface area contributed by atoms with E-state index in [-0.39, 0.29) is 18.4 Å². The minimum atomic E-state index is -1.58. The Morgan fingerprint density at radius 1 is 1.03 bits per heavy atom. The molecule has 2 aromatic heterocycles. The van der Waals surface area contributed by atoms with Gasteiger partial charge in [-0.1, -0.05) is 27.7 Å². The Morgan fingerprint density at radius 2 is 1.76 bits per heavy atom. The molecule has 0 saturated carbocycles. The lowest BCUT2D eigenvalue weighted by atomic mass is 9.94. The molecule has 0 aliphatic carbocycles. The number of unbranched alkanes of at least 4 members (excludes halogenated alkanes) is 1. The number of carbonyl (C=O) groups is 2. The number of rotatable bonds is 13. The van der Waals surface area contributed by atoms with Crippen LogP contribution in [0.3, 0.4) is 0 Å². The van der Waals surface area contributed by atoms with Gasteiger partial charge in [0.15, 0.2) is 12.0 Å². The molecule has 0 saturated heterocycles. The van der Waals surface area contributed by atoms with Gasteiger partial charge < -0.3 is 20.7 Å². The van der Waals surface area contributed by atoms with Gasteiger partial charge in [-0.3, -0.25) is 14.0 Å². The van der Waals surface area contributed by atoms with E-state index < -0.39 is 23.9 Å². The molecule has 3 N–H and O–H groups in total. The number of carbonyl (C=O) groups excluding carboxylic acids is 2. The molecule has 3 rings (SSSR count). The van der Waals surface area contributed by atoms with Crippen LogP contribution in [0.1, 0.15) is 46.4 Å². The number of aromatic nitrogens is 4. The molecule has 2 heterocycles. The Hall–Kier alpha value is -3.50. The number of fused-ring (bicyclic) bond motifs is 3. The summed E-state index contributed by atoms with van der Waals surface area (Å²) in [6, 6.07) is 5.69. The van der Waals surface area contributed by atoms with Crippen LogP contribution < -0.4 is 20.7 Å². The predicted octanol–water partition coefficient (Wildman–Crippen LogP) is 3.29. The van der Waals surface area contributed by atoms with Crippen molar-refractivity contribution in [2.45, 2.75) is 53.6 Å². The number of methoxy groups -OCH3 is 1. The molecule has 37 heavy (non-hydrogen) atoms. The summed E-state index contributed by atoms with van der Waals surface area (Å²) in [5.74, 6) is 0.476. The van der Waals surface area contributed by atoms with E-state index in [2.05, 4.69) is 26.1 Å². The van der Waals surface area contributed by atoms with E-state index in [9.17, 15) is 14.0 Å². The van der Waals surface area contributed by atoms with E-state index in [0.29, 0.717) is 24.6 Å². The normalized spacial score (nSPS) is 13.2. The van der Waals surface area contributed by atoms with Gasteiger partial charge in [0.1, 0.15) is 11.6 Å². The molecule has 202 valence electrons. The second-order valence-corrected chi connectivity index (χ2v) is 9.89. The largest absolute Gasteiger partial charge is 0.497 e. The SMILES string of the molecule is COc1ccc2c(c1)nc(NCCCCNC(=O)C(CNC(=O)[C@@H](F)C(C)C)C(C)C)c1nnc(C)n12. The van der Waals surface area contributed by atoms with Crippen LogP contribution in [-0.2, 0) is 9.59 Å². The van der Waals surface area contributed by atoms with Gasteiger partial charge >= 0.3 is 0 Å². The molecule has 0 aliphatic heterocycles. The number of halogens is 1. The van der Waals surface area contributed by atoms with Crippen LogP contribution in [0.5, 0.6) is 5.75 Å². The van der Waals surface area contributed by atoms with E-state index in [1.54, 1.807) is 21.0 Å². The summed E-state index contributed by atoms with van der Waals surface area (Å²) in [6.45, 7) is 10.3. The molecule has 0 radical (unpaired) electrons. The highest BCUT2D eigenvalue weighted by Gasteiger charge is 2.26. The summed E-state index contributed by atoms with van der Waals surface area (Å²) in [5, 5.41) is 17.3. The Balaban J connectivity index is 1.51. The third-order valence-electron chi connectivity index (χ3n) is 6.36. The number of nitrogens with one attached hydrogen (secondary N) is 3. The van der Waals surface area contributed by atoms with E-state index in [0.717, 1.165) is 35.4 Å². The number of aryl methyl sites for hydroxylation is 1. The highest BCUT2D eigenvalue weighted by molar-refractivity contribution is 5.84. The van der Waals surface area contributed by atoms with Crippen LogP contribution in [0.25, 0.3) is 16.7 Å². The maximum atomic E-state index is 13.9. The molecular weight excluding hydrogens is 477 g/mol. The van der Waals surface area contributed by atoms with Crippen LogP contribution >= 0.6 is 0 Å². The molecule has 11 heteroatoms. The zero-order chi connectivity index (χ0) is 27.1.